The van der Waals surface area contributed by atoms with Crippen molar-refractivity contribution in [2.24, 2.45) is 5.92 Å². The molecule has 41 heavy (non-hydrogen) atoms. The van der Waals surface area contributed by atoms with Crippen LogP contribution < -0.4 is 14.8 Å². The molecule has 0 aliphatic heterocycles. The number of amides is 2. The Labute approximate surface area is 238 Å². The van der Waals surface area contributed by atoms with Crippen LogP contribution in [0.25, 0.3) is 0 Å². The van der Waals surface area contributed by atoms with Crippen LogP contribution in [0.15, 0.2) is 54.6 Å². The van der Waals surface area contributed by atoms with Gasteiger partial charge in [0.1, 0.15) is 23.9 Å². The largest absolute Gasteiger partial charge is 0.483 e. The van der Waals surface area contributed by atoms with E-state index >= 15 is 0 Å². The number of Topliss-reactive ketones (excluding diaryl/α,β-unsaturated/α-hetero) is 1. The third-order valence-corrected chi connectivity index (χ3v) is 6.44. The maximum Gasteiger partial charge on any atom is 0.411 e. The van der Waals surface area contributed by atoms with Crippen molar-refractivity contribution in [1.82, 2.24) is 4.90 Å². The van der Waals surface area contributed by atoms with Gasteiger partial charge in [0.2, 0.25) is 0 Å². The minimum atomic E-state index is -1.03. The molecule has 0 fully saturated rings. The normalized spacial score (nSPS) is 11.4. The molecule has 0 heterocycles. The number of aryl methyl sites for hydroxylation is 1. The quantitative estimate of drug-likeness (QED) is 0.243. The fourth-order valence-electron chi connectivity index (χ4n) is 3.78. The number of carbonyl (C=O) groups is 3. The van der Waals surface area contributed by atoms with Crippen LogP contribution in [0.4, 0.5) is 19.3 Å². The third kappa shape index (κ3) is 8.26. The molecule has 0 unspecified atom stereocenters. The maximum atomic E-state index is 13.4. The first kappa shape index (κ1) is 31.1. The lowest BCUT2D eigenvalue weighted by Gasteiger charge is -2.21. The Morgan fingerprint density at radius 1 is 0.902 bits per heavy atom. The second-order valence-corrected chi connectivity index (χ2v) is 9.60. The topological polar surface area (TPSA) is 94.2 Å². The van der Waals surface area contributed by atoms with E-state index in [0.29, 0.717) is 35.4 Å². The molecule has 2 amide bonds. The van der Waals surface area contributed by atoms with Crippen molar-refractivity contribution >= 4 is 23.5 Å². The number of nitrogens with zero attached hydrogens (tertiary/aromatic N) is 1. The van der Waals surface area contributed by atoms with Crippen LogP contribution in [0.3, 0.4) is 0 Å². The van der Waals surface area contributed by atoms with Crippen LogP contribution in [-0.2, 0) is 22.6 Å². The Hall–Kier alpha value is -4.47. The van der Waals surface area contributed by atoms with Crippen LogP contribution in [0.5, 0.6) is 17.2 Å². The summed E-state index contributed by atoms with van der Waals surface area (Å²) in [6, 6.07) is 12.9. The third-order valence-electron chi connectivity index (χ3n) is 6.44. The van der Waals surface area contributed by atoms with Crippen LogP contribution in [0.1, 0.15) is 48.7 Å². The zero-order valence-corrected chi connectivity index (χ0v) is 23.8. The van der Waals surface area contributed by atoms with Gasteiger partial charge in [0.15, 0.2) is 24.0 Å². The Morgan fingerprint density at radius 2 is 1.56 bits per heavy atom. The Morgan fingerprint density at radius 3 is 2.17 bits per heavy atom. The molecule has 0 aromatic heterocycles. The van der Waals surface area contributed by atoms with Gasteiger partial charge in [0.25, 0.3) is 5.91 Å². The summed E-state index contributed by atoms with van der Waals surface area (Å²) in [5.74, 6) is -1.95. The van der Waals surface area contributed by atoms with Crippen LogP contribution in [0.2, 0.25) is 0 Å². The van der Waals surface area contributed by atoms with Crippen molar-refractivity contribution in [3.05, 3.63) is 82.9 Å². The van der Waals surface area contributed by atoms with Crippen molar-refractivity contribution in [3.63, 3.8) is 0 Å². The monoisotopic (exact) mass is 568 g/mol. The van der Waals surface area contributed by atoms with Gasteiger partial charge in [0, 0.05) is 37.3 Å². The summed E-state index contributed by atoms with van der Waals surface area (Å²) in [4.78, 5) is 39.5. The van der Waals surface area contributed by atoms with E-state index in [2.05, 4.69) is 5.32 Å². The fourth-order valence-corrected chi connectivity index (χ4v) is 3.78. The second kappa shape index (κ2) is 14.2. The summed E-state index contributed by atoms with van der Waals surface area (Å²) < 4.78 is 43.4. The molecule has 0 bridgehead atoms. The minimum Gasteiger partial charge on any atom is -0.483 e. The molecule has 218 valence electrons. The average molecular weight is 569 g/mol. The highest BCUT2D eigenvalue weighted by Gasteiger charge is 2.25. The SMILES string of the molecule is CCc1ccc(COC(=O)Nc2ccc(Oc3ccc(F)c(F)c3)cc2)c(OCC(=O)N(C)C)c1C(=O)[C@H](C)CC. The van der Waals surface area contributed by atoms with Gasteiger partial charge in [-0.15, -0.1) is 0 Å². The molecular weight excluding hydrogens is 534 g/mol. The number of hydrogen-bond acceptors (Lipinski definition) is 6. The minimum absolute atomic E-state index is 0.103. The lowest BCUT2D eigenvalue weighted by molar-refractivity contribution is -0.130. The summed E-state index contributed by atoms with van der Waals surface area (Å²) in [5.41, 5.74) is 2.02. The standard InChI is InChI=1S/C31H34F2N2O6/c1-6-19(3)29(37)28-20(7-2)8-9-21(30(28)39-18-27(36)35(4)5)17-40-31(38)34-22-10-12-23(13-11-22)41-24-14-15-25(32)26(33)16-24/h8-16,19H,6-7,17-18H2,1-5H3,(H,34,38)/t19-/m1/s1. The van der Waals surface area contributed by atoms with E-state index in [1.54, 1.807) is 50.5 Å². The first-order valence-corrected chi connectivity index (χ1v) is 13.2. The molecule has 1 N–H and O–H groups in total. The van der Waals surface area contributed by atoms with Gasteiger partial charge < -0.3 is 19.1 Å². The van der Waals surface area contributed by atoms with E-state index in [1.807, 2.05) is 20.8 Å². The Kier molecular flexibility index (Phi) is 10.8. The van der Waals surface area contributed by atoms with E-state index in [9.17, 15) is 23.2 Å². The Balaban J connectivity index is 1.73. The van der Waals surface area contributed by atoms with Crippen molar-refractivity contribution in [2.75, 3.05) is 26.0 Å². The highest BCUT2D eigenvalue weighted by Crippen LogP contribution is 2.32. The van der Waals surface area contributed by atoms with E-state index < -0.39 is 17.7 Å². The van der Waals surface area contributed by atoms with Gasteiger partial charge in [-0.2, -0.15) is 0 Å². The predicted octanol–water partition coefficient (Wildman–Crippen LogP) is 6.76. The number of nitrogens with one attached hydrogen (secondary N) is 1. The van der Waals surface area contributed by atoms with E-state index in [-0.39, 0.29) is 42.3 Å². The number of rotatable bonds is 12. The lowest BCUT2D eigenvalue weighted by Crippen LogP contribution is -2.28. The van der Waals surface area contributed by atoms with Gasteiger partial charge in [-0.05, 0) is 54.8 Å². The van der Waals surface area contributed by atoms with Crippen LogP contribution in [-0.4, -0.2) is 43.4 Å². The molecule has 8 nitrogen and oxygen atoms in total. The molecule has 3 aromatic rings. The second-order valence-electron chi connectivity index (χ2n) is 9.60. The van der Waals surface area contributed by atoms with Crippen molar-refractivity contribution < 1.29 is 37.4 Å². The highest BCUT2D eigenvalue weighted by atomic mass is 19.2. The molecule has 0 aliphatic carbocycles. The summed E-state index contributed by atoms with van der Waals surface area (Å²) >= 11 is 0. The first-order chi connectivity index (χ1) is 19.5. The van der Waals surface area contributed by atoms with Crippen molar-refractivity contribution in [3.8, 4) is 17.2 Å². The number of carbonyl (C=O) groups excluding carboxylic acids is 3. The molecule has 3 aromatic carbocycles. The maximum absolute atomic E-state index is 13.4. The van der Waals surface area contributed by atoms with E-state index in [1.165, 1.54) is 11.0 Å². The van der Waals surface area contributed by atoms with Gasteiger partial charge in [-0.1, -0.05) is 32.9 Å². The average Bonchev–Trinajstić information content (AvgIpc) is 2.96. The lowest BCUT2D eigenvalue weighted by atomic mass is 9.90. The summed E-state index contributed by atoms with van der Waals surface area (Å²) in [5, 5.41) is 2.60. The van der Waals surface area contributed by atoms with Gasteiger partial charge in [-0.25, -0.2) is 13.6 Å². The zero-order valence-electron chi connectivity index (χ0n) is 23.8. The van der Waals surface area contributed by atoms with Crippen LogP contribution >= 0.6 is 0 Å². The number of halogens is 2. The highest BCUT2D eigenvalue weighted by molar-refractivity contribution is 6.02. The van der Waals surface area contributed by atoms with Gasteiger partial charge in [0.05, 0.1) is 5.56 Å². The van der Waals surface area contributed by atoms with E-state index in [4.69, 9.17) is 14.2 Å². The number of hydrogen-bond donors (Lipinski definition) is 1. The number of ether oxygens (including phenoxy) is 3. The molecule has 0 radical (unpaired) electrons. The predicted molar refractivity (Wildman–Crippen MR) is 150 cm³/mol. The molecule has 0 spiro atoms. The Bertz CT molecular complexity index is 1390. The zero-order chi connectivity index (χ0) is 30.1. The fraction of sp³-hybridized carbons (Fsp3) is 0.323. The number of anilines is 1. The van der Waals surface area contributed by atoms with Crippen molar-refractivity contribution in [1.29, 1.82) is 0 Å². The molecule has 0 aliphatic rings. The van der Waals surface area contributed by atoms with Gasteiger partial charge in [-0.3, -0.25) is 14.9 Å². The molecule has 10 heteroatoms. The molecular formula is C31H34F2N2O6. The summed E-state index contributed by atoms with van der Waals surface area (Å²) in [7, 11) is 3.21. The number of likely N-dealkylation sites (N-methyl/N-ethyl adjacent to an activating group) is 1. The number of benzene rings is 3. The van der Waals surface area contributed by atoms with E-state index in [0.717, 1.165) is 17.7 Å². The van der Waals surface area contributed by atoms with Crippen LogP contribution in [0, 0.1) is 17.6 Å². The number of ketones is 1. The summed E-state index contributed by atoms with van der Waals surface area (Å²) in [6.45, 7) is 5.19. The summed E-state index contributed by atoms with van der Waals surface area (Å²) in [6.07, 6.45) is 0.447. The first-order valence-electron chi connectivity index (χ1n) is 13.2. The smallest absolute Gasteiger partial charge is 0.411 e. The van der Waals surface area contributed by atoms with Crippen molar-refractivity contribution in [2.45, 2.75) is 40.2 Å². The molecule has 1 atom stereocenters. The van der Waals surface area contributed by atoms with Gasteiger partial charge >= 0.3 is 6.09 Å². The molecule has 0 saturated carbocycles. The molecule has 3 rings (SSSR count). The molecule has 0 saturated heterocycles.